The molecule has 1 heterocycles. The fourth-order valence-corrected chi connectivity index (χ4v) is 2.51. The molecule has 5 heteroatoms. The van der Waals surface area contributed by atoms with Gasteiger partial charge in [0, 0.05) is 31.7 Å². The molecular formula is C16H23N3OS. The zero-order valence-corrected chi connectivity index (χ0v) is 13.3. The average Bonchev–Trinajstić information content (AvgIpc) is 2.92. The van der Waals surface area contributed by atoms with Crippen LogP contribution in [-0.2, 0) is 11.3 Å². The first-order valence-corrected chi connectivity index (χ1v) is 8.02. The molecule has 0 unspecified atom stereocenters. The number of hydrogen-bond acceptors (Lipinski definition) is 2. The third-order valence-corrected chi connectivity index (χ3v) is 3.88. The van der Waals surface area contributed by atoms with Crippen LogP contribution < -0.4 is 15.5 Å². The molecule has 0 radical (unpaired) electrons. The second-order valence-electron chi connectivity index (χ2n) is 5.28. The summed E-state index contributed by atoms with van der Waals surface area (Å²) in [5.74, 6) is 0.224. The van der Waals surface area contributed by atoms with Crippen LogP contribution in [-0.4, -0.2) is 24.1 Å². The van der Waals surface area contributed by atoms with Crippen molar-refractivity contribution in [3.8, 4) is 0 Å². The lowest BCUT2D eigenvalue weighted by Gasteiger charge is -2.16. The molecule has 21 heavy (non-hydrogen) atoms. The maximum Gasteiger partial charge on any atom is 0.227 e. The quantitative estimate of drug-likeness (QED) is 0.626. The van der Waals surface area contributed by atoms with Crippen LogP contribution >= 0.6 is 12.2 Å². The number of unbranched alkanes of at least 4 members (excludes halogenated alkanes) is 1. The van der Waals surface area contributed by atoms with E-state index in [9.17, 15) is 4.79 Å². The van der Waals surface area contributed by atoms with E-state index in [1.807, 2.05) is 29.2 Å². The number of thiocarbonyl (C=S) groups is 1. The van der Waals surface area contributed by atoms with Crippen LogP contribution in [0.1, 0.15) is 38.2 Å². The molecule has 1 aromatic carbocycles. The third kappa shape index (κ3) is 4.70. The first-order valence-electron chi connectivity index (χ1n) is 7.61. The Balaban J connectivity index is 1.80. The monoisotopic (exact) mass is 305 g/mol. The minimum absolute atomic E-state index is 0.224. The molecule has 0 spiro atoms. The minimum Gasteiger partial charge on any atom is -0.363 e. The summed E-state index contributed by atoms with van der Waals surface area (Å²) in [4.78, 5) is 13.5. The first-order chi connectivity index (χ1) is 10.2. The van der Waals surface area contributed by atoms with Gasteiger partial charge in [-0.3, -0.25) is 4.79 Å². The highest BCUT2D eigenvalue weighted by Crippen LogP contribution is 2.21. The van der Waals surface area contributed by atoms with Crippen LogP contribution in [0, 0.1) is 0 Å². The molecule has 4 nitrogen and oxygen atoms in total. The van der Waals surface area contributed by atoms with E-state index in [1.54, 1.807) is 0 Å². The van der Waals surface area contributed by atoms with E-state index >= 15 is 0 Å². The molecule has 1 amide bonds. The van der Waals surface area contributed by atoms with Gasteiger partial charge in [-0.2, -0.15) is 0 Å². The van der Waals surface area contributed by atoms with Crippen molar-refractivity contribution in [2.24, 2.45) is 0 Å². The third-order valence-electron chi connectivity index (χ3n) is 3.59. The summed E-state index contributed by atoms with van der Waals surface area (Å²) in [5, 5.41) is 7.08. The average molecular weight is 305 g/mol. The molecule has 0 bridgehead atoms. The van der Waals surface area contributed by atoms with Crippen LogP contribution in [0.15, 0.2) is 24.3 Å². The molecule has 0 atom stereocenters. The summed E-state index contributed by atoms with van der Waals surface area (Å²) < 4.78 is 0. The Morgan fingerprint density at radius 2 is 2.05 bits per heavy atom. The van der Waals surface area contributed by atoms with Gasteiger partial charge in [0.05, 0.1) is 0 Å². The Morgan fingerprint density at radius 1 is 1.29 bits per heavy atom. The number of benzene rings is 1. The second-order valence-corrected chi connectivity index (χ2v) is 5.69. The predicted molar refractivity (Wildman–Crippen MR) is 90.4 cm³/mol. The van der Waals surface area contributed by atoms with E-state index in [-0.39, 0.29) is 5.91 Å². The lowest BCUT2D eigenvalue weighted by atomic mass is 10.2. The summed E-state index contributed by atoms with van der Waals surface area (Å²) >= 11 is 5.22. The number of nitrogens with zero attached hydrogens (tertiary/aromatic N) is 1. The van der Waals surface area contributed by atoms with Crippen molar-refractivity contribution in [2.45, 2.75) is 39.2 Å². The summed E-state index contributed by atoms with van der Waals surface area (Å²) in [5.41, 5.74) is 2.15. The molecule has 1 saturated heterocycles. The van der Waals surface area contributed by atoms with Gasteiger partial charge in [-0.25, -0.2) is 0 Å². The predicted octanol–water partition coefficient (Wildman–Crippen LogP) is 2.58. The molecule has 0 aromatic heterocycles. The molecule has 1 aromatic rings. The first kappa shape index (κ1) is 15.8. The van der Waals surface area contributed by atoms with Crippen LogP contribution in [0.5, 0.6) is 0 Å². The SMILES string of the molecule is CCCCNC(=S)NCc1ccc(N2CCCC2=O)cc1. The Labute approximate surface area is 131 Å². The zero-order chi connectivity index (χ0) is 15.1. The van der Waals surface area contributed by atoms with Gasteiger partial charge in [0.2, 0.25) is 5.91 Å². The number of anilines is 1. The lowest BCUT2D eigenvalue weighted by Crippen LogP contribution is -2.35. The molecule has 0 saturated carbocycles. The fourth-order valence-electron chi connectivity index (χ4n) is 2.34. The molecule has 0 aliphatic carbocycles. The highest BCUT2D eigenvalue weighted by molar-refractivity contribution is 7.80. The van der Waals surface area contributed by atoms with E-state index in [0.717, 1.165) is 43.6 Å². The van der Waals surface area contributed by atoms with E-state index in [0.29, 0.717) is 18.1 Å². The number of carbonyl (C=O) groups excluding carboxylic acids is 1. The van der Waals surface area contributed by atoms with Gasteiger partial charge in [-0.15, -0.1) is 0 Å². The van der Waals surface area contributed by atoms with Gasteiger partial charge in [-0.05, 0) is 42.8 Å². The smallest absolute Gasteiger partial charge is 0.227 e. The van der Waals surface area contributed by atoms with Gasteiger partial charge < -0.3 is 15.5 Å². The van der Waals surface area contributed by atoms with Crippen molar-refractivity contribution in [1.82, 2.24) is 10.6 Å². The number of hydrogen-bond donors (Lipinski definition) is 2. The number of amides is 1. The number of rotatable bonds is 6. The Hall–Kier alpha value is -1.62. The fraction of sp³-hybridized carbons (Fsp3) is 0.500. The topological polar surface area (TPSA) is 44.4 Å². The van der Waals surface area contributed by atoms with Gasteiger partial charge in [0.1, 0.15) is 0 Å². The Bertz CT molecular complexity index is 487. The van der Waals surface area contributed by atoms with Gasteiger partial charge >= 0.3 is 0 Å². The summed E-state index contributed by atoms with van der Waals surface area (Å²) in [6, 6.07) is 8.10. The molecular weight excluding hydrogens is 282 g/mol. The number of nitrogens with one attached hydrogen (secondary N) is 2. The van der Waals surface area contributed by atoms with Crippen molar-refractivity contribution in [1.29, 1.82) is 0 Å². The highest BCUT2D eigenvalue weighted by Gasteiger charge is 2.21. The highest BCUT2D eigenvalue weighted by atomic mass is 32.1. The van der Waals surface area contributed by atoms with Gasteiger partial charge in [0.25, 0.3) is 0 Å². The summed E-state index contributed by atoms with van der Waals surface area (Å²) in [6.45, 7) is 4.61. The summed E-state index contributed by atoms with van der Waals surface area (Å²) in [7, 11) is 0. The Kier molecular flexibility index (Phi) is 5.99. The molecule has 1 fully saturated rings. The van der Waals surface area contributed by atoms with Crippen LogP contribution in [0.3, 0.4) is 0 Å². The molecule has 1 aliphatic heterocycles. The van der Waals surface area contributed by atoms with Crippen molar-refractivity contribution in [3.63, 3.8) is 0 Å². The van der Waals surface area contributed by atoms with Gasteiger partial charge in [0.15, 0.2) is 5.11 Å². The lowest BCUT2D eigenvalue weighted by molar-refractivity contribution is -0.117. The standard InChI is InChI=1S/C16H23N3OS/c1-2-3-10-17-16(21)18-12-13-6-8-14(9-7-13)19-11-4-5-15(19)20/h6-9H,2-5,10-12H2,1H3,(H2,17,18,21). The van der Waals surface area contributed by atoms with Crippen molar-refractivity contribution >= 4 is 28.9 Å². The maximum absolute atomic E-state index is 11.7. The van der Waals surface area contributed by atoms with Crippen LogP contribution in [0.4, 0.5) is 5.69 Å². The van der Waals surface area contributed by atoms with Crippen molar-refractivity contribution in [2.75, 3.05) is 18.0 Å². The van der Waals surface area contributed by atoms with E-state index < -0.39 is 0 Å². The zero-order valence-electron chi connectivity index (χ0n) is 12.5. The minimum atomic E-state index is 0.224. The second kappa shape index (κ2) is 7.98. The van der Waals surface area contributed by atoms with E-state index in [2.05, 4.69) is 17.6 Å². The van der Waals surface area contributed by atoms with Crippen molar-refractivity contribution in [3.05, 3.63) is 29.8 Å². The van der Waals surface area contributed by atoms with Gasteiger partial charge in [-0.1, -0.05) is 25.5 Å². The molecule has 114 valence electrons. The molecule has 2 N–H and O–H groups in total. The molecule has 2 rings (SSSR count). The Morgan fingerprint density at radius 3 is 2.67 bits per heavy atom. The maximum atomic E-state index is 11.7. The summed E-state index contributed by atoms with van der Waals surface area (Å²) in [6.07, 6.45) is 3.91. The number of carbonyl (C=O) groups is 1. The van der Waals surface area contributed by atoms with Crippen molar-refractivity contribution < 1.29 is 4.79 Å². The van der Waals surface area contributed by atoms with E-state index in [1.165, 1.54) is 0 Å². The molecule has 1 aliphatic rings. The van der Waals surface area contributed by atoms with Crippen LogP contribution in [0.2, 0.25) is 0 Å². The van der Waals surface area contributed by atoms with E-state index in [4.69, 9.17) is 12.2 Å². The van der Waals surface area contributed by atoms with Crippen LogP contribution in [0.25, 0.3) is 0 Å². The normalized spacial score (nSPS) is 14.3. The largest absolute Gasteiger partial charge is 0.363 e.